The van der Waals surface area contributed by atoms with Crippen LogP contribution in [0.1, 0.15) is 50.2 Å². The predicted octanol–water partition coefficient (Wildman–Crippen LogP) is 6.03. The number of hydrogen-bond acceptors (Lipinski definition) is 3. The molecule has 0 fully saturated rings. The minimum absolute atomic E-state index is 0.0317. The lowest BCUT2D eigenvalue weighted by Crippen LogP contribution is -2.44. The molecule has 0 bridgehead atoms. The molecule has 0 saturated heterocycles. The van der Waals surface area contributed by atoms with Crippen molar-refractivity contribution in [3.8, 4) is 6.07 Å². The number of para-hydroxylation sites is 1. The highest BCUT2D eigenvalue weighted by Gasteiger charge is 2.44. The minimum Gasteiger partial charge on any atom is -0.294 e. The Morgan fingerprint density at radius 3 is 2.50 bits per heavy atom. The second kappa shape index (κ2) is 7.58. The first-order chi connectivity index (χ1) is 14.2. The Hall–Kier alpha value is -2.61. The zero-order valence-corrected chi connectivity index (χ0v) is 18.2. The molecule has 1 unspecified atom stereocenters. The van der Waals surface area contributed by atoms with Crippen LogP contribution in [-0.2, 0) is 9.59 Å². The van der Waals surface area contributed by atoms with E-state index in [0.29, 0.717) is 45.4 Å². The van der Waals surface area contributed by atoms with Gasteiger partial charge in [0, 0.05) is 30.0 Å². The molecule has 0 N–H and O–H groups in total. The van der Waals surface area contributed by atoms with E-state index in [9.17, 15) is 14.9 Å². The average molecular weight is 439 g/mol. The molecule has 2 aromatic rings. The number of Topliss-reactive ketones (excluding diaryl/α,β-unsaturated/α-hetero) is 1. The van der Waals surface area contributed by atoms with Gasteiger partial charge in [-0.25, -0.2) is 0 Å². The van der Waals surface area contributed by atoms with E-state index in [2.05, 4.69) is 6.07 Å². The highest BCUT2D eigenvalue weighted by Crippen LogP contribution is 2.48. The molecule has 0 saturated carbocycles. The number of halogens is 2. The number of benzene rings is 2. The maximum atomic E-state index is 13.4. The van der Waals surface area contributed by atoms with Gasteiger partial charge in [-0.2, -0.15) is 5.26 Å². The number of nitrogens with zero attached hydrogens (tertiary/aromatic N) is 2. The maximum Gasteiger partial charge on any atom is 0.232 e. The molecule has 0 aromatic heterocycles. The van der Waals surface area contributed by atoms with E-state index < -0.39 is 0 Å². The van der Waals surface area contributed by atoms with Crippen LogP contribution in [0.5, 0.6) is 0 Å². The average Bonchev–Trinajstić information content (AvgIpc) is 2.68. The molecule has 4 nitrogen and oxygen atoms in total. The molecular weight excluding hydrogens is 419 g/mol. The Balaban J connectivity index is 1.94. The van der Waals surface area contributed by atoms with E-state index in [1.807, 2.05) is 19.9 Å². The third-order valence-corrected chi connectivity index (χ3v) is 6.49. The van der Waals surface area contributed by atoms with Gasteiger partial charge in [0.2, 0.25) is 5.91 Å². The summed E-state index contributed by atoms with van der Waals surface area (Å²) in [6.45, 7) is 4.05. The summed E-state index contributed by atoms with van der Waals surface area (Å²) >= 11 is 12.3. The number of hydrogen-bond donors (Lipinski definition) is 0. The van der Waals surface area contributed by atoms with E-state index >= 15 is 0 Å². The fourth-order valence-electron chi connectivity index (χ4n) is 4.47. The molecular formula is C24H20Cl2N2O2. The van der Waals surface area contributed by atoms with E-state index in [4.69, 9.17) is 23.2 Å². The number of nitriles is 1. The largest absolute Gasteiger partial charge is 0.294 e. The molecule has 1 atom stereocenters. The van der Waals surface area contributed by atoms with E-state index in [-0.39, 0.29) is 29.4 Å². The summed E-state index contributed by atoms with van der Waals surface area (Å²) in [5, 5.41) is 10.4. The lowest BCUT2D eigenvalue weighted by molar-refractivity contribution is -0.121. The molecule has 1 heterocycles. The van der Waals surface area contributed by atoms with Gasteiger partial charge < -0.3 is 0 Å². The Labute approximate surface area is 185 Å². The Kier molecular flexibility index (Phi) is 5.22. The smallest absolute Gasteiger partial charge is 0.232 e. The molecule has 2 aromatic carbocycles. The Bertz CT molecular complexity index is 1140. The van der Waals surface area contributed by atoms with Crippen molar-refractivity contribution in [2.75, 3.05) is 4.90 Å². The van der Waals surface area contributed by atoms with Crippen molar-refractivity contribution < 1.29 is 9.59 Å². The molecule has 1 aliphatic heterocycles. The fourth-order valence-corrected chi connectivity index (χ4v) is 4.78. The third kappa shape index (κ3) is 3.53. The molecule has 30 heavy (non-hydrogen) atoms. The van der Waals surface area contributed by atoms with Crippen LogP contribution in [0.4, 0.5) is 5.69 Å². The van der Waals surface area contributed by atoms with Gasteiger partial charge in [0.05, 0.1) is 21.3 Å². The number of ketones is 1. The zero-order chi connectivity index (χ0) is 21.6. The summed E-state index contributed by atoms with van der Waals surface area (Å²) in [5.41, 5.74) is 2.77. The highest BCUT2D eigenvalue weighted by molar-refractivity contribution is 6.42. The first-order valence-corrected chi connectivity index (χ1v) is 10.5. The summed E-state index contributed by atoms with van der Waals surface area (Å²) in [4.78, 5) is 28.3. The molecule has 1 aliphatic carbocycles. The van der Waals surface area contributed by atoms with Gasteiger partial charge in [0.25, 0.3) is 0 Å². The first kappa shape index (κ1) is 20.7. The van der Waals surface area contributed by atoms with Crippen molar-refractivity contribution in [3.05, 3.63) is 74.9 Å². The minimum atomic E-state index is -0.378. The van der Waals surface area contributed by atoms with Gasteiger partial charge in [-0.1, -0.05) is 55.2 Å². The highest BCUT2D eigenvalue weighted by atomic mass is 35.5. The lowest BCUT2D eigenvalue weighted by atomic mass is 9.69. The molecule has 2 aliphatic rings. The first-order valence-electron chi connectivity index (χ1n) is 9.75. The number of amides is 1. The molecule has 0 radical (unpaired) electrons. The second-order valence-electron chi connectivity index (χ2n) is 8.59. The van der Waals surface area contributed by atoms with Crippen LogP contribution in [0, 0.1) is 16.7 Å². The number of carbonyl (C=O) groups excluding carboxylic acids is 2. The summed E-state index contributed by atoms with van der Waals surface area (Å²) in [6, 6.07) is 14.4. The zero-order valence-electron chi connectivity index (χ0n) is 16.7. The quantitative estimate of drug-likeness (QED) is 0.574. The molecule has 6 heteroatoms. The van der Waals surface area contributed by atoms with Gasteiger partial charge in [-0.15, -0.1) is 0 Å². The van der Waals surface area contributed by atoms with Crippen LogP contribution < -0.4 is 4.90 Å². The fraction of sp³-hybridized carbons (Fsp3) is 0.292. The van der Waals surface area contributed by atoms with E-state index in [0.717, 1.165) is 5.56 Å². The van der Waals surface area contributed by atoms with Crippen molar-refractivity contribution in [1.82, 2.24) is 0 Å². The summed E-state index contributed by atoms with van der Waals surface area (Å²) in [5.74, 6) is -0.487. The Morgan fingerprint density at radius 2 is 1.80 bits per heavy atom. The predicted molar refractivity (Wildman–Crippen MR) is 118 cm³/mol. The van der Waals surface area contributed by atoms with Crippen molar-refractivity contribution >= 4 is 40.6 Å². The van der Waals surface area contributed by atoms with Crippen LogP contribution in [0.3, 0.4) is 0 Å². The van der Waals surface area contributed by atoms with Crippen LogP contribution >= 0.6 is 23.2 Å². The number of rotatable bonds is 2. The number of carbonyl (C=O) groups is 2. The van der Waals surface area contributed by atoms with Crippen molar-refractivity contribution in [2.24, 2.45) is 5.41 Å². The monoisotopic (exact) mass is 438 g/mol. The van der Waals surface area contributed by atoms with Crippen LogP contribution in [-0.4, -0.2) is 11.7 Å². The molecule has 4 rings (SSSR count). The Morgan fingerprint density at radius 1 is 1.07 bits per heavy atom. The van der Waals surface area contributed by atoms with Crippen molar-refractivity contribution in [3.63, 3.8) is 0 Å². The third-order valence-electron chi connectivity index (χ3n) is 5.75. The summed E-state index contributed by atoms with van der Waals surface area (Å²) in [6.07, 6.45) is 1.10. The standard InChI is InChI=1S/C24H20Cl2N2O2/c1-24(2)11-20-23(21(29)12-24)16(14-7-8-17(25)18(26)9-14)10-22(30)28(20)19-6-4-3-5-15(19)13-27/h3-9,16H,10-12H2,1-2H3. The number of anilines is 1. The van der Waals surface area contributed by atoms with Crippen LogP contribution in [0.15, 0.2) is 53.7 Å². The summed E-state index contributed by atoms with van der Waals surface area (Å²) < 4.78 is 0. The normalized spacial score (nSPS) is 20.8. The van der Waals surface area contributed by atoms with Gasteiger partial charge >= 0.3 is 0 Å². The van der Waals surface area contributed by atoms with Gasteiger partial charge in [0.1, 0.15) is 6.07 Å². The van der Waals surface area contributed by atoms with Gasteiger partial charge in [0.15, 0.2) is 5.78 Å². The molecule has 152 valence electrons. The summed E-state index contributed by atoms with van der Waals surface area (Å²) in [7, 11) is 0. The van der Waals surface area contributed by atoms with Gasteiger partial charge in [-0.3, -0.25) is 14.5 Å². The maximum absolute atomic E-state index is 13.4. The van der Waals surface area contributed by atoms with E-state index in [1.165, 1.54) is 0 Å². The van der Waals surface area contributed by atoms with Gasteiger partial charge in [-0.05, 0) is 41.7 Å². The number of allylic oxidation sites excluding steroid dienone is 2. The van der Waals surface area contributed by atoms with Crippen molar-refractivity contribution in [1.29, 1.82) is 5.26 Å². The second-order valence-corrected chi connectivity index (χ2v) is 9.40. The molecule has 1 amide bonds. The van der Waals surface area contributed by atoms with Crippen LogP contribution in [0.2, 0.25) is 10.0 Å². The SMILES string of the molecule is CC1(C)CC(=O)C2=C(C1)N(c1ccccc1C#N)C(=O)CC2c1ccc(Cl)c(Cl)c1. The van der Waals surface area contributed by atoms with Crippen molar-refractivity contribution in [2.45, 2.75) is 39.0 Å². The molecule has 0 spiro atoms. The topological polar surface area (TPSA) is 61.2 Å². The van der Waals surface area contributed by atoms with Crippen LogP contribution in [0.25, 0.3) is 0 Å². The lowest BCUT2D eigenvalue weighted by Gasteiger charge is -2.43. The van der Waals surface area contributed by atoms with E-state index in [1.54, 1.807) is 41.3 Å².